The van der Waals surface area contributed by atoms with Crippen LogP contribution in [0.3, 0.4) is 0 Å². The Bertz CT molecular complexity index is 635. The molecule has 2 aromatic rings. The van der Waals surface area contributed by atoms with Crippen molar-refractivity contribution >= 4 is 11.6 Å². The molecule has 116 valence electrons. The molecule has 0 radical (unpaired) electrons. The predicted octanol–water partition coefficient (Wildman–Crippen LogP) is 4.16. The molecule has 0 bridgehead atoms. The van der Waals surface area contributed by atoms with Crippen LogP contribution in [-0.4, -0.2) is 19.6 Å². The maximum Gasteiger partial charge on any atom is 0.264 e. The average molecular weight is 297 g/mol. The van der Waals surface area contributed by atoms with Gasteiger partial charge in [0.1, 0.15) is 5.75 Å². The maximum absolute atomic E-state index is 12.3. The molecule has 0 unspecified atom stereocenters. The number of aryl methyl sites for hydroxylation is 1. The van der Waals surface area contributed by atoms with Crippen molar-refractivity contribution in [2.75, 3.05) is 18.6 Å². The number of carbonyl (C=O) groups is 1. The van der Waals surface area contributed by atoms with Crippen LogP contribution in [0.2, 0.25) is 0 Å². The van der Waals surface area contributed by atoms with Gasteiger partial charge in [-0.15, -0.1) is 0 Å². The number of likely N-dealkylation sites (N-methyl/N-ethyl adjacent to an activating group) is 1. The lowest BCUT2D eigenvalue weighted by Gasteiger charge is -2.19. The highest BCUT2D eigenvalue weighted by atomic mass is 16.5. The highest BCUT2D eigenvalue weighted by Crippen LogP contribution is 2.27. The Morgan fingerprint density at radius 1 is 1.14 bits per heavy atom. The smallest absolute Gasteiger partial charge is 0.264 e. The number of hydrogen-bond donors (Lipinski definition) is 0. The second-order valence-electron chi connectivity index (χ2n) is 5.77. The summed E-state index contributed by atoms with van der Waals surface area (Å²) < 4.78 is 5.79. The average Bonchev–Trinajstić information content (AvgIpc) is 2.52. The zero-order chi connectivity index (χ0) is 16.1. The molecule has 0 heterocycles. The van der Waals surface area contributed by atoms with Crippen LogP contribution in [0.25, 0.3) is 0 Å². The van der Waals surface area contributed by atoms with Crippen molar-refractivity contribution in [3.8, 4) is 5.75 Å². The monoisotopic (exact) mass is 297 g/mol. The minimum absolute atomic E-state index is 0.0363. The van der Waals surface area contributed by atoms with E-state index in [1.54, 1.807) is 11.9 Å². The van der Waals surface area contributed by atoms with Crippen LogP contribution in [0.1, 0.15) is 30.9 Å². The molecule has 0 aromatic heterocycles. The van der Waals surface area contributed by atoms with Gasteiger partial charge >= 0.3 is 0 Å². The van der Waals surface area contributed by atoms with E-state index in [4.69, 9.17) is 4.74 Å². The van der Waals surface area contributed by atoms with Gasteiger partial charge in [-0.3, -0.25) is 4.79 Å². The Kier molecular flexibility index (Phi) is 5.21. The van der Waals surface area contributed by atoms with Crippen LogP contribution in [-0.2, 0) is 4.79 Å². The number of hydrogen-bond acceptors (Lipinski definition) is 2. The van der Waals surface area contributed by atoms with Gasteiger partial charge in [-0.25, -0.2) is 0 Å². The van der Waals surface area contributed by atoms with Crippen LogP contribution in [0, 0.1) is 6.92 Å². The zero-order valence-corrected chi connectivity index (χ0v) is 13.7. The lowest BCUT2D eigenvalue weighted by atomic mass is 10.0. The van der Waals surface area contributed by atoms with Crippen molar-refractivity contribution in [1.82, 2.24) is 0 Å². The highest BCUT2D eigenvalue weighted by molar-refractivity contribution is 5.93. The Balaban J connectivity index is 2.07. The number of rotatable bonds is 5. The van der Waals surface area contributed by atoms with E-state index in [0.717, 1.165) is 22.6 Å². The van der Waals surface area contributed by atoms with Crippen LogP contribution in [0.5, 0.6) is 5.75 Å². The van der Waals surface area contributed by atoms with Gasteiger partial charge in [0.2, 0.25) is 0 Å². The second-order valence-corrected chi connectivity index (χ2v) is 5.77. The van der Waals surface area contributed by atoms with Crippen molar-refractivity contribution in [2.24, 2.45) is 0 Å². The third-order valence-electron chi connectivity index (χ3n) is 3.66. The summed E-state index contributed by atoms with van der Waals surface area (Å²) in [5, 5.41) is 0. The van der Waals surface area contributed by atoms with Crippen molar-refractivity contribution < 1.29 is 9.53 Å². The van der Waals surface area contributed by atoms with E-state index in [2.05, 4.69) is 26.0 Å². The second kappa shape index (κ2) is 7.12. The van der Waals surface area contributed by atoms with Gasteiger partial charge in [0, 0.05) is 12.7 Å². The number of anilines is 1. The van der Waals surface area contributed by atoms with E-state index < -0.39 is 0 Å². The molecule has 2 aromatic carbocycles. The largest absolute Gasteiger partial charge is 0.483 e. The first-order valence-corrected chi connectivity index (χ1v) is 7.54. The van der Waals surface area contributed by atoms with Crippen LogP contribution >= 0.6 is 0 Å². The molecule has 0 fully saturated rings. The Morgan fingerprint density at radius 3 is 2.45 bits per heavy atom. The number of para-hydroxylation sites is 1. The molecule has 0 aliphatic carbocycles. The van der Waals surface area contributed by atoms with E-state index in [9.17, 15) is 4.79 Å². The Morgan fingerprint density at radius 2 is 1.82 bits per heavy atom. The minimum Gasteiger partial charge on any atom is -0.483 e. The van der Waals surface area contributed by atoms with Gasteiger partial charge in [0.05, 0.1) is 0 Å². The van der Waals surface area contributed by atoms with Crippen molar-refractivity contribution in [3.63, 3.8) is 0 Å². The summed E-state index contributed by atoms with van der Waals surface area (Å²) in [5.41, 5.74) is 3.12. The van der Waals surface area contributed by atoms with E-state index in [-0.39, 0.29) is 12.5 Å². The van der Waals surface area contributed by atoms with Crippen LogP contribution in [0.4, 0.5) is 5.69 Å². The summed E-state index contributed by atoms with van der Waals surface area (Å²) >= 11 is 0. The minimum atomic E-state index is -0.0672. The molecule has 2 rings (SSSR count). The third-order valence-corrected chi connectivity index (χ3v) is 3.66. The van der Waals surface area contributed by atoms with E-state index in [1.165, 1.54) is 0 Å². The first-order valence-electron chi connectivity index (χ1n) is 7.54. The first kappa shape index (κ1) is 16.1. The van der Waals surface area contributed by atoms with Gasteiger partial charge < -0.3 is 9.64 Å². The fourth-order valence-corrected chi connectivity index (χ4v) is 2.28. The summed E-state index contributed by atoms with van der Waals surface area (Å²) in [6, 6.07) is 15.7. The van der Waals surface area contributed by atoms with E-state index in [1.807, 2.05) is 43.3 Å². The standard InChI is InChI=1S/C19H23NO2/c1-14(2)17-11-10-15(3)12-18(17)22-13-19(21)20(4)16-8-6-5-7-9-16/h5-12,14H,13H2,1-4H3. The molecule has 3 nitrogen and oxygen atoms in total. The lowest BCUT2D eigenvalue weighted by Crippen LogP contribution is -2.31. The van der Waals surface area contributed by atoms with Gasteiger partial charge in [0.15, 0.2) is 6.61 Å². The first-order chi connectivity index (χ1) is 10.5. The molecule has 1 amide bonds. The summed E-state index contributed by atoms with van der Waals surface area (Å²) in [6.07, 6.45) is 0. The summed E-state index contributed by atoms with van der Waals surface area (Å²) in [4.78, 5) is 13.9. The topological polar surface area (TPSA) is 29.5 Å². The van der Waals surface area contributed by atoms with Crippen LogP contribution in [0.15, 0.2) is 48.5 Å². The normalized spacial score (nSPS) is 10.6. The van der Waals surface area contributed by atoms with Crippen molar-refractivity contribution in [1.29, 1.82) is 0 Å². The number of benzene rings is 2. The zero-order valence-electron chi connectivity index (χ0n) is 13.7. The molecule has 0 saturated carbocycles. The fraction of sp³-hybridized carbons (Fsp3) is 0.316. The van der Waals surface area contributed by atoms with E-state index >= 15 is 0 Å². The van der Waals surface area contributed by atoms with Gasteiger partial charge in [0.25, 0.3) is 5.91 Å². The van der Waals surface area contributed by atoms with Gasteiger partial charge in [-0.05, 0) is 42.2 Å². The van der Waals surface area contributed by atoms with Gasteiger partial charge in [-0.1, -0.05) is 44.2 Å². The number of carbonyl (C=O) groups excluding carboxylic acids is 1. The molecule has 0 aliphatic heterocycles. The summed E-state index contributed by atoms with van der Waals surface area (Å²) in [5.74, 6) is 1.09. The highest BCUT2D eigenvalue weighted by Gasteiger charge is 2.14. The summed E-state index contributed by atoms with van der Waals surface area (Å²) in [7, 11) is 1.76. The summed E-state index contributed by atoms with van der Waals surface area (Å²) in [6.45, 7) is 6.30. The third kappa shape index (κ3) is 3.88. The van der Waals surface area contributed by atoms with Crippen molar-refractivity contribution in [2.45, 2.75) is 26.7 Å². The van der Waals surface area contributed by atoms with Gasteiger partial charge in [-0.2, -0.15) is 0 Å². The molecule has 3 heteroatoms. The maximum atomic E-state index is 12.3. The molecule has 0 atom stereocenters. The van der Waals surface area contributed by atoms with Crippen LogP contribution < -0.4 is 9.64 Å². The van der Waals surface area contributed by atoms with Crippen molar-refractivity contribution in [3.05, 3.63) is 59.7 Å². The Labute approximate surface area is 132 Å². The fourth-order valence-electron chi connectivity index (χ4n) is 2.28. The number of nitrogens with zero attached hydrogens (tertiary/aromatic N) is 1. The molecule has 0 aliphatic rings. The molecule has 0 N–H and O–H groups in total. The number of ether oxygens (including phenoxy) is 1. The molecule has 0 saturated heterocycles. The quantitative estimate of drug-likeness (QED) is 0.829. The lowest BCUT2D eigenvalue weighted by molar-refractivity contribution is -0.120. The molecular formula is C19H23NO2. The Hall–Kier alpha value is -2.29. The molecule has 22 heavy (non-hydrogen) atoms. The predicted molar refractivity (Wildman–Crippen MR) is 90.6 cm³/mol. The molecular weight excluding hydrogens is 274 g/mol. The van der Waals surface area contributed by atoms with E-state index in [0.29, 0.717) is 5.92 Å². The number of amides is 1. The SMILES string of the molecule is Cc1ccc(C(C)C)c(OCC(=O)N(C)c2ccccc2)c1. The molecule has 0 spiro atoms.